The average molecular weight is 298 g/mol. The number of thiazole rings is 1. The zero-order chi connectivity index (χ0) is 14.8. The van der Waals surface area contributed by atoms with Crippen molar-refractivity contribution in [3.8, 4) is 0 Å². The van der Waals surface area contributed by atoms with E-state index in [0.29, 0.717) is 6.54 Å². The van der Waals surface area contributed by atoms with E-state index in [9.17, 15) is 0 Å². The number of benzene rings is 1. The molecule has 1 aromatic carbocycles. The third-order valence-corrected chi connectivity index (χ3v) is 4.29. The largest absolute Gasteiger partial charge is 0.354 e. The summed E-state index contributed by atoms with van der Waals surface area (Å²) in [7, 11) is 2.03. The predicted octanol–water partition coefficient (Wildman–Crippen LogP) is 3.09. The molecule has 0 aliphatic heterocycles. The van der Waals surface area contributed by atoms with Crippen LogP contribution in [0, 0.1) is 6.92 Å². The summed E-state index contributed by atoms with van der Waals surface area (Å²) < 4.78 is 0. The van der Waals surface area contributed by atoms with Crippen LogP contribution >= 0.6 is 11.3 Å². The van der Waals surface area contributed by atoms with Gasteiger partial charge in [0.1, 0.15) is 5.82 Å². The molecule has 2 heterocycles. The maximum Gasteiger partial charge on any atom is 0.129 e. The molecule has 0 amide bonds. The number of pyridine rings is 1. The minimum absolute atomic E-state index is 0.514. The number of rotatable bonds is 4. The zero-order valence-corrected chi connectivity index (χ0v) is 13.0. The maximum atomic E-state index is 5.88. The van der Waals surface area contributed by atoms with Crippen LogP contribution in [0.1, 0.15) is 16.3 Å². The Kier molecular flexibility index (Phi) is 3.86. The van der Waals surface area contributed by atoms with Gasteiger partial charge in [-0.25, -0.2) is 9.97 Å². The lowest BCUT2D eigenvalue weighted by Gasteiger charge is -2.19. The Labute approximate surface area is 128 Å². The summed E-state index contributed by atoms with van der Waals surface area (Å²) in [5.74, 6) is 0.930. The Hall–Kier alpha value is -1.98. The molecule has 108 valence electrons. The highest BCUT2D eigenvalue weighted by Gasteiger charge is 2.10. The van der Waals surface area contributed by atoms with Crippen LogP contribution in [0.2, 0.25) is 0 Å². The lowest BCUT2D eigenvalue weighted by molar-refractivity contribution is 0.871. The monoisotopic (exact) mass is 298 g/mol. The number of anilines is 1. The van der Waals surface area contributed by atoms with Crippen LogP contribution in [0.4, 0.5) is 5.82 Å². The van der Waals surface area contributed by atoms with Gasteiger partial charge in [-0.1, -0.05) is 18.2 Å². The molecular formula is C16H18N4S. The lowest BCUT2D eigenvalue weighted by atomic mass is 10.1. The van der Waals surface area contributed by atoms with Crippen molar-refractivity contribution < 1.29 is 0 Å². The van der Waals surface area contributed by atoms with Gasteiger partial charge in [0.05, 0.1) is 22.8 Å². The molecule has 0 saturated carbocycles. The molecule has 5 heteroatoms. The molecule has 0 unspecified atom stereocenters. The molecule has 4 nitrogen and oxygen atoms in total. The highest BCUT2D eigenvalue weighted by molar-refractivity contribution is 7.09. The van der Waals surface area contributed by atoms with Crippen LogP contribution in [-0.2, 0) is 13.1 Å². The normalized spacial score (nSPS) is 11.0. The fourth-order valence-corrected chi connectivity index (χ4v) is 3.01. The van der Waals surface area contributed by atoms with Gasteiger partial charge >= 0.3 is 0 Å². The lowest BCUT2D eigenvalue weighted by Crippen LogP contribution is -2.18. The summed E-state index contributed by atoms with van der Waals surface area (Å²) in [6.07, 6.45) is 0. The van der Waals surface area contributed by atoms with E-state index in [1.54, 1.807) is 11.3 Å². The Bertz CT molecular complexity index is 766. The number of para-hydroxylation sites is 1. The van der Waals surface area contributed by atoms with Crippen LogP contribution in [0.3, 0.4) is 0 Å². The SMILES string of the molecule is Cc1nc(CN(C)c2cc(CN)c3ccccc3n2)cs1. The van der Waals surface area contributed by atoms with Gasteiger partial charge in [0, 0.05) is 24.4 Å². The summed E-state index contributed by atoms with van der Waals surface area (Å²) in [6.45, 7) is 3.29. The number of fused-ring (bicyclic) bond motifs is 1. The number of aryl methyl sites for hydroxylation is 1. The Morgan fingerprint density at radius 3 is 2.76 bits per heavy atom. The Morgan fingerprint density at radius 2 is 2.05 bits per heavy atom. The highest BCUT2D eigenvalue weighted by atomic mass is 32.1. The molecule has 21 heavy (non-hydrogen) atoms. The van der Waals surface area contributed by atoms with E-state index < -0.39 is 0 Å². The second-order valence-electron chi connectivity index (χ2n) is 5.07. The number of hydrogen-bond donors (Lipinski definition) is 1. The van der Waals surface area contributed by atoms with Gasteiger partial charge in [0.2, 0.25) is 0 Å². The molecule has 3 aromatic rings. The van der Waals surface area contributed by atoms with Crippen LogP contribution in [0.25, 0.3) is 10.9 Å². The summed E-state index contributed by atoms with van der Waals surface area (Å²) >= 11 is 1.67. The van der Waals surface area contributed by atoms with Gasteiger partial charge in [-0.05, 0) is 24.6 Å². The summed E-state index contributed by atoms with van der Waals surface area (Å²) in [6, 6.07) is 10.2. The molecule has 0 fully saturated rings. The molecule has 0 aliphatic carbocycles. The molecule has 2 aromatic heterocycles. The van der Waals surface area contributed by atoms with Crippen molar-refractivity contribution in [2.24, 2.45) is 5.73 Å². The first-order valence-corrected chi connectivity index (χ1v) is 7.76. The third kappa shape index (κ3) is 2.89. The molecule has 0 saturated heterocycles. The van der Waals surface area contributed by atoms with Gasteiger partial charge in [0.25, 0.3) is 0 Å². The quantitative estimate of drug-likeness (QED) is 0.804. The number of hydrogen-bond acceptors (Lipinski definition) is 5. The van der Waals surface area contributed by atoms with Crippen LogP contribution in [0.5, 0.6) is 0 Å². The van der Waals surface area contributed by atoms with Gasteiger partial charge in [-0.3, -0.25) is 0 Å². The van der Waals surface area contributed by atoms with E-state index in [-0.39, 0.29) is 0 Å². The number of nitrogens with two attached hydrogens (primary N) is 1. The van der Waals surface area contributed by atoms with E-state index >= 15 is 0 Å². The zero-order valence-electron chi connectivity index (χ0n) is 12.2. The van der Waals surface area contributed by atoms with Crippen molar-refractivity contribution in [3.63, 3.8) is 0 Å². The molecule has 0 bridgehead atoms. The number of aromatic nitrogens is 2. The first-order chi connectivity index (χ1) is 10.2. The van der Waals surface area contributed by atoms with Crippen molar-refractivity contribution >= 4 is 28.1 Å². The maximum absolute atomic E-state index is 5.88. The molecule has 0 radical (unpaired) electrons. The van der Waals surface area contributed by atoms with E-state index in [2.05, 4.69) is 27.4 Å². The summed E-state index contributed by atoms with van der Waals surface area (Å²) in [5.41, 5.74) is 9.06. The third-order valence-electron chi connectivity index (χ3n) is 3.47. The van der Waals surface area contributed by atoms with Crippen molar-refractivity contribution in [1.29, 1.82) is 0 Å². The van der Waals surface area contributed by atoms with E-state index in [0.717, 1.165) is 39.5 Å². The van der Waals surface area contributed by atoms with E-state index in [1.807, 2.05) is 32.2 Å². The molecular weight excluding hydrogens is 280 g/mol. The van der Waals surface area contributed by atoms with Crippen molar-refractivity contribution in [3.05, 3.63) is 52.0 Å². The molecule has 2 N–H and O–H groups in total. The predicted molar refractivity (Wildman–Crippen MR) is 88.6 cm³/mol. The Balaban J connectivity index is 1.95. The Morgan fingerprint density at radius 1 is 1.24 bits per heavy atom. The van der Waals surface area contributed by atoms with Crippen molar-refractivity contribution in [2.45, 2.75) is 20.0 Å². The highest BCUT2D eigenvalue weighted by Crippen LogP contribution is 2.23. The molecule has 0 spiro atoms. The van der Waals surface area contributed by atoms with Gasteiger partial charge < -0.3 is 10.6 Å². The first kappa shape index (κ1) is 14.0. The number of nitrogens with zero attached hydrogens (tertiary/aromatic N) is 3. The van der Waals surface area contributed by atoms with Crippen LogP contribution in [0.15, 0.2) is 35.7 Å². The minimum atomic E-state index is 0.514. The molecule has 0 aliphatic rings. The second-order valence-corrected chi connectivity index (χ2v) is 6.14. The van der Waals surface area contributed by atoms with Gasteiger partial charge in [-0.2, -0.15) is 0 Å². The summed E-state index contributed by atoms with van der Waals surface area (Å²) in [5, 5.41) is 4.31. The first-order valence-electron chi connectivity index (χ1n) is 6.88. The van der Waals surface area contributed by atoms with Crippen LogP contribution < -0.4 is 10.6 Å². The van der Waals surface area contributed by atoms with Crippen LogP contribution in [-0.4, -0.2) is 17.0 Å². The van der Waals surface area contributed by atoms with E-state index in [4.69, 9.17) is 10.7 Å². The smallest absolute Gasteiger partial charge is 0.129 e. The second kappa shape index (κ2) is 5.79. The fourth-order valence-electron chi connectivity index (χ4n) is 2.40. The van der Waals surface area contributed by atoms with Gasteiger partial charge in [0.15, 0.2) is 0 Å². The molecule has 3 rings (SSSR count). The minimum Gasteiger partial charge on any atom is -0.354 e. The van der Waals surface area contributed by atoms with Crippen molar-refractivity contribution in [1.82, 2.24) is 9.97 Å². The van der Waals surface area contributed by atoms with Crippen molar-refractivity contribution in [2.75, 3.05) is 11.9 Å². The molecule has 0 atom stereocenters. The average Bonchev–Trinajstić information content (AvgIpc) is 2.91. The van der Waals surface area contributed by atoms with E-state index in [1.165, 1.54) is 0 Å². The summed E-state index contributed by atoms with van der Waals surface area (Å²) in [4.78, 5) is 11.3. The standard InChI is InChI=1S/C16H18N4S/c1-11-18-13(10-21-11)9-20(2)16-7-12(8-17)14-5-3-4-6-15(14)19-16/h3-7,10H,8-9,17H2,1-2H3. The van der Waals surface area contributed by atoms with Gasteiger partial charge in [-0.15, -0.1) is 11.3 Å². The fraction of sp³-hybridized carbons (Fsp3) is 0.250. The topological polar surface area (TPSA) is 55.0 Å².